The number of nitrogens with one attached hydrogen (secondary N) is 1. The first kappa shape index (κ1) is 14.2. The highest BCUT2D eigenvalue weighted by Crippen LogP contribution is 2.22. The van der Waals surface area contributed by atoms with Gasteiger partial charge >= 0.3 is 0 Å². The molecule has 1 aliphatic heterocycles. The summed E-state index contributed by atoms with van der Waals surface area (Å²) in [6.07, 6.45) is 0.936. The first-order valence-corrected chi connectivity index (χ1v) is 7.60. The fraction of sp³-hybridized carbons (Fsp3) is 0.500. The molecular weight excluding hydrogens is 269 g/mol. The Kier molecular flexibility index (Phi) is 4.07. The van der Waals surface area contributed by atoms with E-state index in [2.05, 4.69) is 9.62 Å². The number of anilines is 1. The van der Waals surface area contributed by atoms with E-state index in [0.29, 0.717) is 6.54 Å². The molecule has 0 aromatic heterocycles. The Labute approximate surface area is 112 Å². The van der Waals surface area contributed by atoms with Gasteiger partial charge in [-0.05, 0) is 38.1 Å². The maximum Gasteiger partial charge on any atom is 0.245 e. The molecule has 3 N–H and O–H groups in total. The van der Waals surface area contributed by atoms with Crippen LogP contribution in [0.5, 0.6) is 0 Å². The Morgan fingerprint density at radius 2 is 2.26 bits per heavy atom. The number of nitrogens with two attached hydrogens (primary N) is 1. The highest BCUT2D eigenvalue weighted by Gasteiger charge is 2.25. The van der Waals surface area contributed by atoms with E-state index in [1.54, 1.807) is 0 Å². The number of sulfonamides is 1. The van der Waals surface area contributed by atoms with Crippen molar-refractivity contribution in [2.24, 2.45) is 5.92 Å². The Morgan fingerprint density at radius 1 is 1.53 bits per heavy atom. The van der Waals surface area contributed by atoms with E-state index < -0.39 is 20.7 Å². The lowest BCUT2D eigenvalue weighted by Gasteiger charge is -2.13. The minimum absolute atomic E-state index is 0.0731. The van der Waals surface area contributed by atoms with Gasteiger partial charge in [0, 0.05) is 13.1 Å². The van der Waals surface area contributed by atoms with E-state index >= 15 is 0 Å². The summed E-state index contributed by atoms with van der Waals surface area (Å²) >= 11 is 0. The second-order valence-corrected chi connectivity index (χ2v) is 6.63. The summed E-state index contributed by atoms with van der Waals surface area (Å²) in [6.45, 7) is 2.10. The minimum Gasteiger partial charge on any atom is -0.398 e. The third kappa shape index (κ3) is 3.23. The molecule has 19 heavy (non-hydrogen) atoms. The van der Waals surface area contributed by atoms with Gasteiger partial charge in [0.2, 0.25) is 10.0 Å². The minimum atomic E-state index is -3.90. The first-order valence-electron chi connectivity index (χ1n) is 6.12. The molecule has 106 valence electrons. The zero-order valence-corrected chi connectivity index (χ0v) is 11.6. The van der Waals surface area contributed by atoms with Crippen LogP contribution in [0.25, 0.3) is 0 Å². The Bertz CT molecular complexity index is 542. The van der Waals surface area contributed by atoms with Crippen LogP contribution < -0.4 is 10.5 Å². The standard InChI is InChI=1S/C12H18FN3O2S/c1-16-6-5-9(8-16)7-15-19(17,18)12-10(13)3-2-4-11(12)14/h2-4,9,15H,5-8,14H2,1H3. The monoisotopic (exact) mass is 287 g/mol. The fourth-order valence-corrected chi connectivity index (χ4v) is 3.60. The molecule has 1 heterocycles. The van der Waals surface area contributed by atoms with Gasteiger partial charge in [-0.2, -0.15) is 0 Å². The topological polar surface area (TPSA) is 75.4 Å². The predicted molar refractivity (Wildman–Crippen MR) is 71.6 cm³/mol. The van der Waals surface area contributed by atoms with Crippen molar-refractivity contribution in [2.75, 3.05) is 32.4 Å². The van der Waals surface area contributed by atoms with Crippen molar-refractivity contribution < 1.29 is 12.8 Å². The Balaban J connectivity index is 2.10. The van der Waals surface area contributed by atoms with Gasteiger partial charge in [0.1, 0.15) is 10.7 Å². The summed E-state index contributed by atoms with van der Waals surface area (Å²) in [6, 6.07) is 3.85. The molecule has 1 unspecified atom stereocenters. The van der Waals surface area contributed by atoms with Crippen molar-refractivity contribution in [3.8, 4) is 0 Å². The van der Waals surface area contributed by atoms with Gasteiger partial charge < -0.3 is 10.6 Å². The van der Waals surface area contributed by atoms with Gasteiger partial charge in [-0.25, -0.2) is 17.5 Å². The quantitative estimate of drug-likeness (QED) is 0.797. The average Bonchev–Trinajstić information content (AvgIpc) is 2.72. The lowest BCUT2D eigenvalue weighted by molar-refractivity contribution is 0.394. The molecule has 1 aromatic carbocycles. The molecule has 1 aromatic rings. The molecule has 1 saturated heterocycles. The van der Waals surface area contributed by atoms with Gasteiger partial charge in [0.15, 0.2) is 0 Å². The molecule has 5 nitrogen and oxygen atoms in total. The molecule has 0 amide bonds. The maximum atomic E-state index is 13.6. The SMILES string of the molecule is CN1CCC(CNS(=O)(=O)c2c(N)cccc2F)C1. The predicted octanol–water partition coefficient (Wildman–Crippen LogP) is 0.638. The largest absolute Gasteiger partial charge is 0.398 e. The number of nitrogens with zero attached hydrogens (tertiary/aromatic N) is 1. The van der Waals surface area contributed by atoms with Crippen LogP contribution in [0, 0.1) is 11.7 Å². The van der Waals surface area contributed by atoms with Gasteiger partial charge in [0.25, 0.3) is 0 Å². The lowest BCUT2D eigenvalue weighted by atomic mass is 10.1. The third-order valence-corrected chi connectivity index (χ3v) is 4.83. The van der Waals surface area contributed by atoms with Crippen molar-refractivity contribution in [1.82, 2.24) is 9.62 Å². The molecule has 0 spiro atoms. The number of rotatable bonds is 4. The van der Waals surface area contributed by atoms with Crippen LogP contribution in [0.3, 0.4) is 0 Å². The molecule has 0 saturated carbocycles. The van der Waals surface area contributed by atoms with Crippen LogP contribution in [0.1, 0.15) is 6.42 Å². The van der Waals surface area contributed by atoms with Crippen LogP contribution in [0.2, 0.25) is 0 Å². The van der Waals surface area contributed by atoms with E-state index in [9.17, 15) is 12.8 Å². The van der Waals surface area contributed by atoms with Crippen LogP contribution in [0.15, 0.2) is 23.1 Å². The highest BCUT2D eigenvalue weighted by atomic mass is 32.2. The fourth-order valence-electron chi connectivity index (χ4n) is 2.30. The van der Waals surface area contributed by atoms with Gasteiger partial charge in [-0.15, -0.1) is 0 Å². The first-order chi connectivity index (χ1) is 8.90. The van der Waals surface area contributed by atoms with E-state index in [4.69, 9.17) is 5.73 Å². The lowest BCUT2D eigenvalue weighted by Crippen LogP contribution is -2.31. The molecule has 0 bridgehead atoms. The van der Waals surface area contributed by atoms with Crippen molar-refractivity contribution in [3.63, 3.8) is 0 Å². The summed E-state index contributed by atoms with van der Waals surface area (Å²) in [5.74, 6) is -0.566. The molecule has 0 aliphatic carbocycles. The molecule has 2 rings (SSSR count). The van der Waals surface area contributed by atoms with Gasteiger partial charge in [0.05, 0.1) is 5.69 Å². The smallest absolute Gasteiger partial charge is 0.245 e. The molecule has 1 atom stereocenters. The summed E-state index contributed by atoms with van der Waals surface area (Å²) in [5.41, 5.74) is 5.47. The van der Waals surface area contributed by atoms with Crippen molar-refractivity contribution in [3.05, 3.63) is 24.0 Å². The average molecular weight is 287 g/mol. The second kappa shape index (κ2) is 5.44. The second-order valence-electron chi connectivity index (χ2n) is 4.93. The summed E-state index contributed by atoms with van der Waals surface area (Å²) < 4.78 is 40.2. The molecule has 0 radical (unpaired) electrons. The van der Waals surface area contributed by atoms with E-state index in [1.165, 1.54) is 12.1 Å². The van der Waals surface area contributed by atoms with Gasteiger partial charge in [-0.3, -0.25) is 0 Å². The van der Waals surface area contributed by atoms with Crippen LogP contribution in [-0.2, 0) is 10.0 Å². The number of likely N-dealkylation sites (tertiary alicyclic amines) is 1. The summed E-state index contributed by atoms with van der Waals surface area (Å²) in [7, 11) is -1.91. The molecule has 1 fully saturated rings. The Morgan fingerprint density at radius 3 is 2.84 bits per heavy atom. The number of hydrogen-bond acceptors (Lipinski definition) is 4. The van der Waals surface area contributed by atoms with Crippen LogP contribution >= 0.6 is 0 Å². The highest BCUT2D eigenvalue weighted by molar-refractivity contribution is 7.89. The molecular formula is C12H18FN3O2S. The number of hydrogen-bond donors (Lipinski definition) is 2. The van der Waals surface area contributed by atoms with Crippen molar-refractivity contribution in [1.29, 1.82) is 0 Å². The van der Waals surface area contributed by atoms with Crippen LogP contribution in [0.4, 0.5) is 10.1 Å². The number of benzene rings is 1. The number of halogens is 1. The van der Waals surface area contributed by atoms with Crippen LogP contribution in [-0.4, -0.2) is 40.0 Å². The summed E-state index contributed by atoms with van der Waals surface area (Å²) in [4.78, 5) is 1.68. The normalized spacial score (nSPS) is 20.8. The van der Waals surface area contributed by atoms with Gasteiger partial charge in [-0.1, -0.05) is 6.07 Å². The zero-order valence-electron chi connectivity index (χ0n) is 10.8. The maximum absolute atomic E-state index is 13.6. The number of nitrogen functional groups attached to an aromatic ring is 1. The third-order valence-electron chi connectivity index (χ3n) is 3.32. The zero-order chi connectivity index (χ0) is 14.0. The van der Waals surface area contributed by atoms with E-state index in [1.807, 2.05) is 7.05 Å². The van der Waals surface area contributed by atoms with E-state index in [0.717, 1.165) is 25.6 Å². The molecule has 7 heteroatoms. The van der Waals surface area contributed by atoms with Crippen molar-refractivity contribution >= 4 is 15.7 Å². The van der Waals surface area contributed by atoms with Crippen molar-refractivity contribution in [2.45, 2.75) is 11.3 Å². The molecule has 1 aliphatic rings. The Hall–Kier alpha value is -1.18. The summed E-state index contributed by atoms with van der Waals surface area (Å²) in [5, 5.41) is 0. The van der Waals surface area contributed by atoms with E-state index in [-0.39, 0.29) is 11.6 Å².